The minimum Gasteiger partial charge on any atom is -0.440 e. The number of aryl methyl sites for hydroxylation is 1. The van der Waals surface area contributed by atoms with Crippen molar-refractivity contribution >= 4 is 22.8 Å². The minimum atomic E-state index is -0.124. The van der Waals surface area contributed by atoms with Gasteiger partial charge < -0.3 is 19.0 Å². The van der Waals surface area contributed by atoms with E-state index in [9.17, 15) is 9.59 Å². The quantitative estimate of drug-likeness (QED) is 0.860. The zero-order valence-corrected chi connectivity index (χ0v) is 14.3. The molecule has 0 aliphatic carbocycles. The van der Waals surface area contributed by atoms with E-state index in [1.54, 1.807) is 20.2 Å². The first kappa shape index (κ1) is 16.5. The van der Waals surface area contributed by atoms with Crippen LogP contribution in [0, 0.1) is 0 Å². The van der Waals surface area contributed by atoms with Gasteiger partial charge in [-0.15, -0.1) is 0 Å². The van der Waals surface area contributed by atoms with Crippen molar-refractivity contribution < 1.29 is 13.9 Å². The number of fused-ring (bicyclic) bond motifs is 1. The lowest BCUT2D eigenvalue weighted by molar-refractivity contribution is 0.0827. The summed E-state index contributed by atoms with van der Waals surface area (Å²) in [4.78, 5) is 28.4. The van der Waals surface area contributed by atoms with Crippen LogP contribution in [0.2, 0.25) is 0 Å². The number of hydrogen-bond donors (Lipinski definition) is 0. The molecule has 2 aromatic rings. The predicted molar refractivity (Wildman–Crippen MR) is 92.9 cm³/mol. The van der Waals surface area contributed by atoms with E-state index in [2.05, 4.69) is 0 Å². The molecule has 0 radical (unpaired) electrons. The Kier molecular flexibility index (Phi) is 4.57. The number of rotatable bonds is 3. The van der Waals surface area contributed by atoms with Crippen LogP contribution in [-0.2, 0) is 11.2 Å². The number of nitrogens with zero attached hydrogens (tertiary/aromatic N) is 2. The number of benzene rings is 1. The molecule has 3 rings (SSSR count). The van der Waals surface area contributed by atoms with Crippen LogP contribution in [0.15, 0.2) is 27.4 Å². The average molecular weight is 330 g/mol. The Morgan fingerprint density at radius 2 is 1.92 bits per heavy atom. The third-order valence-electron chi connectivity index (χ3n) is 4.25. The van der Waals surface area contributed by atoms with Crippen LogP contribution in [-0.4, -0.2) is 51.2 Å². The highest BCUT2D eigenvalue weighted by Crippen LogP contribution is 2.25. The van der Waals surface area contributed by atoms with E-state index in [1.807, 2.05) is 17.9 Å². The SMILES string of the molecule is CCc1cc(C(=O)N(C)C)cc2c(=O)cc(N3CCOCC3)oc12. The fourth-order valence-corrected chi connectivity index (χ4v) is 2.90. The summed E-state index contributed by atoms with van der Waals surface area (Å²) in [7, 11) is 3.39. The molecule has 1 aliphatic heterocycles. The van der Waals surface area contributed by atoms with E-state index >= 15 is 0 Å². The molecule has 0 bridgehead atoms. The van der Waals surface area contributed by atoms with Crippen LogP contribution in [0.1, 0.15) is 22.8 Å². The number of carbonyl (C=O) groups is 1. The van der Waals surface area contributed by atoms with Gasteiger partial charge in [0.15, 0.2) is 11.3 Å². The van der Waals surface area contributed by atoms with E-state index in [1.165, 1.54) is 11.0 Å². The van der Waals surface area contributed by atoms with Gasteiger partial charge in [-0.25, -0.2) is 0 Å². The van der Waals surface area contributed by atoms with Gasteiger partial charge in [0.25, 0.3) is 5.91 Å². The van der Waals surface area contributed by atoms with Crippen LogP contribution >= 0.6 is 0 Å². The summed E-state index contributed by atoms with van der Waals surface area (Å²) in [5.41, 5.74) is 1.82. The van der Waals surface area contributed by atoms with E-state index in [-0.39, 0.29) is 11.3 Å². The third kappa shape index (κ3) is 3.01. The molecule has 0 atom stereocenters. The maximum atomic E-state index is 12.6. The van der Waals surface area contributed by atoms with E-state index in [4.69, 9.17) is 9.15 Å². The normalized spacial score (nSPS) is 14.9. The smallest absolute Gasteiger partial charge is 0.253 e. The molecule has 6 heteroatoms. The molecule has 2 heterocycles. The topological polar surface area (TPSA) is 63.0 Å². The lowest BCUT2D eigenvalue weighted by Gasteiger charge is -2.27. The lowest BCUT2D eigenvalue weighted by atomic mass is 10.0. The Balaban J connectivity index is 2.15. The Morgan fingerprint density at radius 3 is 2.54 bits per heavy atom. The number of morpholine rings is 1. The fraction of sp³-hybridized carbons (Fsp3) is 0.444. The van der Waals surface area contributed by atoms with Crippen molar-refractivity contribution in [1.29, 1.82) is 0 Å². The Morgan fingerprint density at radius 1 is 1.21 bits per heavy atom. The third-order valence-corrected chi connectivity index (χ3v) is 4.25. The van der Waals surface area contributed by atoms with Crippen molar-refractivity contribution in [2.45, 2.75) is 13.3 Å². The largest absolute Gasteiger partial charge is 0.440 e. The molecule has 1 fully saturated rings. The summed E-state index contributed by atoms with van der Waals surface area (Å²) in [5, 5.41) is 0.455. The highest BCUT2D eigenvalue weighted by atomic mass is 16.5. The molecule has 6 nitrogen and oxygen atoms in total. The number of hydrogen-bond acceptors (Lipinski definition) is 5. The van der Waals surface area contributed by atoms with E-state index in [0.717, 1.165) is 5.56 Å². The molecule has 1 amide bonds. The second-order valence-corrected chi connectivity index (χ2v) is 6.11. The fourth-order valence-electron chi connectivity index (χ4n) is 2.90. The first-order valence-electron chi connectivity index (χ1n) is 8.16. The minimum absolute atomic E-state index is 0.122. The molecule has 24 heavy (non-hydrogen) atoms. The number of anilines is 1. The van der Waals surface area contributed by atoms with E-state index in [0.29, 0.717) is 55.1 Å². The van der Waals surface area contributed by atoms with Gasteiger partial charge in [0.05, 0.1) is 18.6 Å². The maximum Gasteiger partial charge on any atom is 0.253 e. The Labute approximate surface area is 140 Å². The van der Waals surface area contributed by atoms with Gasteiger partial charge in [0, 0.05) is 38.8 Å². The second-order valence-electron chi connectivity index (χ2n) is 6.11. The highest BCUT2D eigenvalue weighted by Gasteiger charge is 2.19. The second kappa shape index (κ2) is 6.65. The van der Waals surface area contributed by atoms with Gasteiger partial charge in [-0.05, 0) is 24.1 Å². The van der Waals surface area contributed by atoms with Gasteiger partial charge in [0.1, 0.15) is 5.58 Å². The Hall–Kier alpha value is -2.34. The molecule has 1 aromatic carbocycles. The number of amides is 1. The zero-order chi connectivity index (χ0) is 17.3. The highest BCUT2D eigenvalue weighted by molar-refractivity contribution is 5.98. The molecule has 128 valence electrons. The molecule has 0 spiro atoms. The number of carbonyl (C=O) groups excluding carboxylic acids is 1. The van der Waals surface area contributed by atoms with Crippen LogP contribution < -0.4 is 10.3 Å². The van der Waals surface area contributed by atoms with Crippen molar-refractivity contribution in [3.05, 3.63) is 39.5 Å². The van der Waals surface area contributed by atoms with Gasteiger partial charge in [-0.1, -0.05) is 6.92 Å². The van der Waals surface area contributed by atoms with E-state index < -0.39 is 0 Å². The summed E-state index contributed by atoms with van der Waals surface area (Å²) in [6, 6.07) is 4.96. The van der Waals surface area contributed by atoms with Crippen molar-refractivity contribution in [2.75, 3.05) is 45.3 Å². The summed E-state index contributed by atoms with van der Waals surface area (Å²) < 4.78 is 11.4. The first-order chi connectivity index (χ1) is 11.5. The van der Waals surface area contributed by atoms with Crippen LogP contribution in [0.5, 0.6) is 0 Å². The molecular formula is C18H22N2O4. The summed E-state index contributed by atoms with van der Waals surface area (Å²) in [6.45, 7) is 4.64. The van der Waals surface area contributed by atoms with Crippen LogP contribution in [0.3, 0.4) is 0 Å². The average Bonchev–Trinajstić information content (AvgIpc) is 2.60. The van der Waals surface area contributed by atoms with Gasteiger partial charge in [-0.2, -0.15) is 0 Å². The van der Waals surface area contributed by atoms with Crippen molar-refractivity contribution in [3.8, 4) is 0 Å². The first-order valence-corrected chi connectivity index (χ1v) is 8.16. The predicted octanol–water partition coefficient (Wildman–Crippen LogP) is 1.89. The molecule has 1 aromatic heterocycles. The molecular weight excluding hydrogens is 308 g/mol. The molecule has 0 unspecified atom stereocenters. The maximum absolute atomic E-state index is 12.6. The van der Waals surface area contributed by atoms with Crippen LogP contribution in [0.4, 0.5) is 5.88 Å². The Bertz CT molecular complexity index is 820. The molecule has 0 saturated carbocycles. The standard InChI is InChI=1S/C18H22N2O4/c1-4-12-9-13(18(22)19(2)3)10-14-15(21)11-16(24-17(12)14)20-5-7-23-8-6-20/h9-11H,4-8H2,1-3H3. The van der Waals surface area contributed by atoms with Crippen LogP contribution in [0.25, 0.3) is 11.0 Å². The summed E-state index contributed by atoms with van der Waals surface area (Å²) in [5.74, 6) is 0.445. The van der Waals surface area contributed by atoms with Crippen molar-refractivity contribution in [3.63, 3.8) is 0 Å². The summed E-state index contributed by atoms with van der Waals surface area (Å²) in [6.07, 6.45) is 0.681. The van der Waals surface area contributed by atoms with Gasteiger partial charge >= 0.3 is 0 Å². The zero-order valence-electron chi connectivity index (χ0n) is 14.3. The molecule has 0 N–H and O–H groups in total. The monoisotopic (exact) mass is 330 g/mol. The van der Waals surface area contributed by atoms with Crippen molar-refractivity contribution in [2.24, 2.45) is 0 Å². The lowest BCUT2D eigenvalue weighted by Crippen LogP contribution is -2.36. The van der Waals surface area contributed by atoms with Crippen molar-refractivity contribution in [1.82, 2.24) is 4.90 Å². The van der Waals surface area contributed by atoms with Gasteiger partial charge in [0.2, 0.25) is 0 Å². The summed E-state index contributed by atoms with van der Waals surface area (Å²) >= 11 is 0. The number of ether oxygens (including phenoxy) is 1. The molecule has 1 saturated heterocycles. The molecule has 1 aliphatic rings. The van der Waals surface area contributed by atoms with Gasteiger partial charge in [-0.3, -0.25) is 9.59 Å².